The molecule has 0 fully saturated rings. The molecule has 9 rings (SSSR count). The van der Waals surface area contributed by atoms with Gasteiger partial charge in [0.1, 0.15) is 5.52 Å². The third-order valence-corrected chi connectivity index (χ3v) is 8.77. The molecule has 0 unspecified atom stereocenters. The molecule has 0 N–H and O–H groups in total. The Kier molecular flexibility index (Phi) is 6.43. The zero-order chi connectivity index (χ0) is 31.2. The molecule has 4 nitrogen and oxygen atoms in total. The average molecular weight is 602 g/mol. The first-order valence-electron chi connectivity index (χ1n) is 15.7. The van der Waals surface area contributed by atoms with Gasteiger partial charge in [-0.1, -0.05) is 133 Å². The van der Waals surface area contributed by atoms with Crippen molar-refractivity contribution in [3.05, 3.63) is 164 Å². The lowest BCUT2D eigenvalue weighted by molar-refractivity contribution is 0.620. The summed E-state index contributed by atoms with van der Waals surface area (Å²) in [6.45, 7) is 0. The van der Waals surface area contributed by atoms with E-state index in [4.69, 9.17) is 19.4 Å². The molecular weight excluding hydrogens is 574 g/mol. The number of nitrogens with zero attached hydrogens (tertiary/aromatic N) is 3. The van der Waals surface area contributed by atoms with Gasteiger partial charge < -0.3 is 4.42 Å². The molecule has 0 saturated heterocycles. The van der Waals surface area contributed by atoms with Gasteiger partial charge in [-0.15, -0.1) is 0 Å². The summed E-state index contributed by atoms with van der Waals surface area (Å²) in [6, 6.07) is 56.3. The summed E-state index contributed by atoms with van der Waals surface area (Å²) >= 11 is 0. The smallest absolute Gasteiger partial charge is 0.227 e. The second kappa shape index (κ2) is 11.2. The average Bonchev–Trinajstić information content (AvgIpc) is 3.59. The van der Waals surface area contributed by atoms with Gasteiger partial charge in [0.25, 0.3) is 0 Å². The van der Waals surface area contributed by atoms with Crippen LogP contribution in [0.4, 0.5) is 0 Å². The molecule has 0 aliphatic carbocycles. The highest BCUT2D eigenvalue weighted by molar-refractivity contribution is 6.11. The van der Waals surface area contributed by atoms with E-state index in [2.05, 4.69) is 103 Å². The van der Waals surface area contributed by atoms with Crippen molar-refractivity contribution in [2.75, 3.05) is 0 Å². The number of rotatable bonds is 5. The van der Waals surface area contributed by atoms with E-state index in [-0.39, 0.29) is 0 Å². The van der Waals surface area contributed by atoms with Crippen molar-refractivity contribution < 1.29 is 4.42 Å². The lowest BCUT2D eigenvalue weighted by atomic mass is 9.90. The van der Waals surface area contributed by atoms with Crippen LogP contribution in [0.3, 0.4) is 0 Å². The summed E-state index contributed by atoms with van der Waals surface area (Å²) in [6.07, 6.45) is 0. The number of benzene rings is 7. The van der Waals surface area contributed by atoms with Crippen LogP contribution in [0.1, 0.15) is 0 Å². The molecule has 220 valence electrons. The summed E-state index contributed by atoms with van der Waals surface area (Å²) < 4.78 is 6.20. The first-order chi connectivity index (χ1) is 23.3. The van der Waals surface area contributed by atoms with Crippen molar-refractivity contribution >= 4 is 32.6 Å². The van der Waals surface area contributed by atoms with Gasteiger partial charge in [0.05, 0.1) is 11.4 Å². The molecule has 2 heterocycles. The molecule has 0 saturated carbocycles. The van der Waals surface area contributed by atoms with Crippen LogP contribution in [-0.2, 0) is 0 Å². The van der Waals surface area contributed by atoms with Crippen LogP contribution in [0.5, 0.6) is 0 Å². The third-order valence-electron chi connectivity index (χ3n) is 8.77. The van der Waals surface area contributed by atoms with Crippen LogP contribution in [0.15, 0.2) is 168 Å². The molecule has 0 atom stereocenters. The molecule has 0 bridgehead atoms. The predicted molar refractivity (Wildman–Crippen MR) is 192 cm³/mol. The summed E-state index contributed by atoms with van der Waals surface area (Å²) in [7, 11) is 0. The summed E-state index contributed by atoms with van der Waals surface area (Å²) in [4.78, 5) is 15.1. The first-order valence-corrected chi connectivity index (χ1v) is 15.7. The maximum atomic E-state index is 6.20. The van der Waals surface area contributed by atoms with Crippen LogP contribution < -0.4 is 0 Å². The maximum absolute atomic E-state index is 6.20. The Morgan fingerprint density at radius 3 is 1.38 bits per heavy atom. The van der Waals surface area contributed by atoms with Crippen molar-refractivity contribution in [1.82, 2.24) is 15.0 Å². The molecule has 47 heavy (non-hydrogen) atoms. The maximum Gasteiger partial charge on any atom is 0.227 e. The van der Waals surface area contributed by atoms with E-state index in [0.717, 1.165) is 77.4 Å². The van der Waals surface area contributed by atoms with Crippen molar-refractivity contribution in [3.8, 4) is 56.5 Å². The normalized spacial score (nSPS) is 11.4. The molecule has 2 aromatic heterocycles. The molecule has 0 spiro atoms. The molecule has 9 aromatic rings. The largest absolute Gasteiger partial charge is 0.436 e. The van der Waals surface area contributed by atoms with Gasteiger partial charge in [-0.25, -0.2) is 15.0 Å². The fraction of sp³-hybridized carbons (Fsp3) is 0. The van der Waals surface area contributed by atoms with Gasteiger partial charge in [0.2, 0.25) is 5.89 Å². The van der Waals surface area contributed by atoms with Crippen LogP contribution in [-0.4, -0.2) is 15.0 Å². The van der Waals surface area contributed by atoms with E-state index in [9.17, 15) is 0 Å². The Morgan fingerprint density at radius 1 is 0.362 bits per heavy atom. The van der Waals surface area contributed by atoms with E-state index < -0.39 is 0 Å². The number of para-hydroxylation sites is 2. The number of hydrogen-bond donors (Lipinski definition) is 0. The van der Waals surface area contributed by atoms with Crippen LogP contribution in [0.2, 0.25) is 0 Å². The molecule has 0 aliphatic rings. The molecule has 0 radical (unpaired) electrons. The Morgan fingerprint density at radius 2 is 0.809 bits per heavy atom. The molecule has 0 aliphatic heterocycles. The van der Waals surface area contributed by atoms with E-state index >= 15 is 0 Å². The fourth-order valence-electron chi connectivity index (χ4n) is 6.52. The Labute approximate surface area is 271 Å². The summed E-state index contributed by atoms with van der Waals surface area (Å²) in [5.41, 5.74) is 9.79. The Bertz CT molecular complexity index is 2480. The molecule has 7 aromatic carbocycles. The highest BCUT2D eigenvalue weighted by Crippen LogP contribution is 2.41. The van der Waals surface area contributed by atoms with Gasteiger partial charge in [0, 0.05) is 22.3 Å². The zero-order valence-corrected chi connectivity index (χ0v) is 25.3. The number of fused-ring (bicyclic) bond motifs is 3. The van der Waals surface area contributed by atoms with Crippen molar-refractivity contribution in [1.29, 1.82) is 0 Å². The molecule has 4 heteroatoms. The minimum atomic E-state index is 0.624. The predicted octanol–water partition coefficient (Wildman–Crippen LogP) is 11.3. The second-order valence-electron chi connectivity index (χ2n) is 11.6. The summed E-state index contributed by atoms with van der Waals surface area (Å²) in [5, 5.41) is 4.47. The minimum Gasteiger partial charge on any atom is -0.436 e. The van der Waals surface area contributed by atoms with Crippen molar-refractivity contribution in [2.24, 2.45) is 0 Å². The van der Waals surface area contributed by atoms with E-state index in [1.165, 1.54) is 0 Å². The second-order valence-corrected chi connectivity index (χ2v) is 11.6. The molecule has 0 amide bonds. The molecular formula is C43H27N3O. The topological polar surface area (TPSA) is 51.8 Å². The van der Waals surface area contributed by atoms with Gasteiger partial charge >= 0.3 is 0 Å². The minimum absolute atomic E-state index is 0.624. The zero-order valence-electron chi connectivity index (χ0n) is 25.3. The van der Waals surface area contributed by atoms with Gasteiger partial charge in [0.15, 0.2) is 11.4 Å². The van der Waals surface area contributed by atoms with Crippen LogP contribution >= 0.6 is 0 Å². The Hall–Kier alpha value is -6.39. The van der Waals surface area contributed by atoms with Gasteiger partial charge in [-0.2, -0.15) is 0 Å². The third kappa shape index (κ3) is 4.75. The fourth-order valence-corrected chi connectivity index (χ4v) is 6.52. The summed E-state index contributed by atoms with van der Waals surface area (Å²) in [5.74, 6) is 1.32. The van der Waals surface area contributed by atoms with E-state index in [0.29, 0.717) is 11.7 Å². The highest BCUT2D eigenvalue weighted by Gasteiger charge is 2.18. The SMILES string of the molecule is c1ccc(-c2cc(-c3ccccc3)nc(-c3ccc(-c4ccc(-c5nc6ccccc6o5)c5ccccc45)c4ccccc34)n2)cc1. The van der Waals surface area contributed by atoms with Crippen LogP contribution in [0, 0.1) is 0 Å². The van der Waals surface area contributed by atoms with Crippen molar-refractivity contribution in [3.63, 3.8) is 0 Å². The van der Waals surface area contributed by atoms with Crippen LogP contribution in [0.25, 0.3) is 89.1 Å². The number of aromatic nitrogens is 3. The van der Waals surface area contributed by atoms with Gasteiger partial charge in [-0.3, -0.25) is 0 Å². The first kappa shape index (κ1) is 27.0. The highest BCUT2D eigenvalue weighted by atomic mass is 16.3. The number of oxazole rings is 1. The van der Waals surface area contributed by atoms with E-state index in [1.54, 1.807) is 0 Å². The van der Waals surface area contributed by atoms with Gasteiger partial charge in [-0.05, 0) is 63.0 Å². The lowest BCUT2D eigenvalue weighted by Crippen LogP contribution is -1.97. The number of hydrogen-bond acceptors (Lipinski definition) is 4. The van der Waals surface area contributed by atoms with Crippen molar-refractivity contribution in [2.45, 2.75) is 0 Å². The lowest BCUT2D eigenvalue weighted by Gasteiger charge is -2.15. The monoisotopic (exact) mass is 601 g/mol. The Balaban J connectivity index is 1.23. The standard InChI is InChI=1S/C43H27N3O/c1-3-13-28(14-4-1)39-27-40(29-15-5-2-6-16-29)45-42(44-39)36-25-23-34(30-17-7-9-19-32(30)36)35-24-26-37(33-20-10-8-18-31(33)35)43-46-38-21-11-12-22-41(38)47-43/h1-27H. The van der Waals surface area contributed by atoms with E-state index in [1.807, 2.05) is 60.7 Å². The quantitative estimate of drug-likeness (QED) is 0.197.